The molecule has 1 rings (SSSR count). The minimum Gasteiger partial charge on any atom is -0.275 e. The summed E-state index contributed by atoms with van der Waals surface area (Å²) >= 11 is 0. The highest BCUT2D eigenvalue weighted by Crippen LogP contribution is 2.29. The van der Waals surface area contributed by atoms with E-state index in [1.165, 1.54) is 6.08 Å². The van der Waals surface area contributed by atoms with Crippen molar-refractivity contribution in [3.63, 3.8) is 0 Å². The van der Waals surface area contributed by atoms with Crippen molar-refractivity contribution in [3.8, 4) is 0 Å². The summed E-state index contributed by atoms with van der Waals surface area (Å²) in [6, 6.07) is 0. The molecule has 0 saturated carbocycles. The first-order chi connectivity index (χ1) is 10.9. The quantitative estimate of drug-likeness (QED) is 0.383. The molecule has 136 valence electrons. The van der Waals surface area contributed by atoms with E-state index in [9.17, 15) is 14.4 Å². The molecule has 1 aliphatic rings. The van der Waals surface area contributed by atoms with E-state index in [0.29, 0.717) is 18.4 Å². The van der Waals surface area contributed by atoms with Crippen LogP contribution in [0.3, 0.4) is 0 Å². The number of amides is 2. The molecule has 0 aromatic heterocycles. The van der Waals surface area contributed by atoms with Gasteiger partial charge in [0.25, 0.3) is 11.8 Å². The average Bonchev–Trinajstić information content (AvgIpc) is 2.62. The van der Waals surface area contributed by atoms with E-state index in [0.717, 1.165) is 4.90 Å². The van der Waals surface area contributed by atoms with E-state index in [4.69, 9.17) is 4.89 Å². The van der Waals surface area contributed by atoms with Crippen LogP contribution in [-0.4, -0.2) is 34.8 Å². The maximum absolute atomic E-state index is 11.7. The fraction of sp³-hybridized carbons (Fsp3) is 0.706. The summed E-state index contributed by atoms with van der Waals surface area (Å²) in [6.45, 7) is 11.6. The van der Waals surface area contributed by atoms with Gasteiger partial charge in [-0.25, -0.2) is 4.79 Å². The average molecular weight is 341 g/mol. The topological polar surface area (TPSA) is 82.1 Å². The lowest BCUT2D eigenvalue weighted by Crippen LogP contribution is -2.32. The first kappa shape index (κ1) is 20.3. The van der Waals surface area contributed by atoms with E-state index in [-0.39, 0.29) is 30.2 Å². The van der Waals surface area contributed by atoms with Crippen LogP contribution in [0.25, 0.3) is 0 Å². The largest absolute Gasteiger partial charge is 0.345 e. The van der Waals surface area contributed by atoms with Crippen LogP contribution in [0.2, 0.25) is 0 Å². The second-order valence-corrected chi connectivity index (χ2v) is 7.83. The lowest BCUT2D eigenvalue weighted by atomic mass is 9.84. The first-order valence-electron chi connectivity index (χ1n) is 8.01. The van der Waals surface area contributed by atoms with E-state index < -0.39 is 11.6 Å². The summed E-state index contributed by atoms with van der Waals surface area (Å²) < 4.78 is 0. The maximum Gasteiger partial charge on any atom is 0.345 e. The van der Waals surface area contributed by atoms with Gasteiger partial charge in [0, 0.05) is 18.2 Å². The van der Waals surface area contributed by atoms with Gasteiger partial charge in [-0.3, -0.25) is 19.4 Å². The molecule has 0 radical (unpaired) electrons. The van der Waals surface area contributed by atoms with Crippen molar-refractivity contribution in [1.29, 1.82) is 0 Å². The SMILES string of the molecule is CC1=CC(=O)N(CCCC(=O)OOOC(C)(C)CC(C)(C)C)C1=O. The molecular weight excluding hydrogens is 314 g/mol. The van der Waals surface area contributed by atoms with Gasteiger partial charge in [0.15, 0.2) is 0 Å². The Hall–Kier alpha value is -1.73. The molecule has 0 N–H and O–H groups in total. The lowest BCUT2D eigenvalue weighted by Gasteiger charge is -2.29. The Bertz CT molecular complexity index is 530. The Morgan fingerprint density at radius 3 is 2.29 bits per heavy atom. The second kappa shape index (κ2) is 7.90. The van der Waals surface area contributed by atoms with Crippen molar-refractivity contribution in [1.82, 2.24) is 4.90 Å². The molecule has 7 nitrogen and oxygen atoms in total. The third-order valence-corrected chi connectivity index (χ3v) is 3.29. The molecule has 0 aromatic rings. The molecule has 0 spiro atoms. The monoisotopic (exact) mass is 341 g/mol. The fourth-order valence-corrected chi connectivity index (χ4v) is 2.73. The lowest BCUT2D eigenvalue weighted by molar-refractivity contribution is -0.518. The maximum atomic E-state index is 11.7. The van der Waals surface area contributed by atoms with Gasteiger partial charge < -0.3 is 0 Å². The number of carbonyl (C=O) groups is 3. The molecular formula is C17H27NO6. The molecule has 0 atom stereocenters. The van der Waals surface area contributed by atoms with Gasteiger partial charge in [0.2, 0.25) is 0 Å². The fourth-order valence-electron chi connectivity index (χ4n) is 2.73. The molecule has 0 aromatic carbocycles. The predicted octanol–water partition coefficient (Wildman–Crippen LogP) is 2.70. The summed E-state index contributed by atoms with van der Waals surface area (Å²) in [6.07, 6.45) is 2.31. The minimum absolute atomic E-state index is 0.0131. The third-order valence-electron chi connectivity index (χ3n) is 3.29. The molecule has 24 heavy (non-hydrogen) atoms. The second-order valence-electron chi connectivity index (χ2n) is 7.83. The van der Waals surface area contributed by atoms with Crippen LogP contribution < -0.4 is 0 Å². The van der Waals surface area contributed by atoms with Crippen LogP contribution in [0.15, 0.2) is 11.6 Å². The Kier molecular flexibility index (Phi) is 6.68. The van der Waals surface area contributed by atoms with Crippen LogP contribution >= 0.6 is 0 Å². The zero-order valence-electron chi connectivity index (χ0n) is 15.3. The summed E-state index contributed by atoms with van der Waals surface area (Å²) in [5, 5.41) is 4.58. The van der Waals surface area contributed by atoms with Crippen LogP contribution in [0.1, 0.15) is 60.8 Å². The van der Waals surface area contributed by atoms with Crippen molar-refractivity contribution in [3.05, 3.63) is 11.6 Å². The predicted molar refractivity (Wildman–Crippen MR) is 86.1 cm³/mol. The van der Waals surface area contributed by atoms with Gasteiger partial charge in [0.1, 0.15) is 5.60 Å². The van der Waals surface area contributed by atoms with E-state index in [2.05, 4.69) is 30.7 Å². The first-order valence-corrected chi connectivity index (χ1v) is 8.01. The summed E-state index contributed by atoms with van der Waals surface area (Å²) in [4.78, 5) is 45.6. The van der Waals surface area contributed by atoms with Gasteiger partial charge in [0.05, 0.1) is 6.42 Å². The Morgan fingerprint density at radius 1 is 1.17 bits per heavy atom. The number of imide groups is 1. The standard InChI is InChI=1S/C17H27NO6/c1-12-10-13(19)18(15(12)21)9-7-8-14(20)22-24-23-17(5,6)11-16(2,3)4/h10H,7-9,11H2,1-6H3. The molecule has 0 fully saturated rings. The highest BCUT2D eigenvalue weighted by Gasteiger charge is 2.29. The molecule has 0 bridgehead atoms. The third kappa shape index (κ3) is 6.80. The van der Waals surface area contributed by atoms with Gasteiger partial charge in [-0.1, -0.05) is 20.8 Å². The van der Waals surface area contributed by atoms with Crippen molar-refractivity contribution < 1.29 is 29.2 Å². The molecule has 2 amide bonds. The zero-order valence-corrected chi connectivity index (χ0v) is 15.3. The summed E-state index contributed by atoms with van der Waals surface area (Å²) in [5.41, 5.74) is -0.158. The Labute approximate surface area is 142 Å². The molecule has 0 unspecified atom stereocenters. The summed E-state index contributed by atoms with van der Waals surface area (Å²) in [5.74, 6) is -1.29. The van der Waals surface area contributed by atoms with Crippen molar-refractivity contribution >= 4 is 17.8 Å². The van der Waals surface area contributed by atoms with Crippen molar-refractivity contribution in [2.45, 2.75) is 66.4 Å². The highest BCUT2D eigenvalue weighted by molar-refractivity contribution is 6.15. The van der Waals surface area contributed by atoms with E-state index in [1.807, 2.05) is 13.8 Å². The molecule has 0 aliphatic carbocycles. The van der Waals surface area contributed by atoms with Crippen molar-refractivity contribution in [2.24, 2.45) is 5.41 Å². The summed E-state index contributed by atoms with van der Waals surface area (Å²) in [7, 11) is 0. The van der Waals surface area contributed by atoms with Gasteiger partial charge in [-0.2, -0.15) is 4.89 Å². The number of carbonyl (C=O) groups excluding carboxylic acids is 3. The van der Waals surface area contributed by atoms with Gasteiger partial charge >= 0.3 is 5.97 Å². The number of rotatable bonds is 8. The van der Waals surface area contributed by atoms with E-state index in [1.54, 1.807) is 6.92 Å². The molecule has 0 saturated heterocycles. The number of hydrogen-bond donors (Lipinski definition) is 0. The zero-order chi connectivity index (χ0) is 18.5. The van der Waals surface area contributed by atoms with Crippen LogP contribution in [-0.2, 0) is 29.2 Å². The normalized spacial score (nSPS) is 15.8. The molecule has 7 heteroatoms. The molecule has 1 heterocycles. The highest BCUT2D eigenvalue weighted by atomic mass is 17.5. The van der Waals surface area contributed by atoms with Crippen LogP contribution in [0.5, 0.6) is 0 Å². The smallest absolute Gasteiger partial charge is 0.275 e. The van der Waals surface area contributed by atoms with Crippen LogP contribution in [0, 0.1) is 5.41 Å². The Morgan fingerprint density at radius 2 is 1.79 bits per heavy atom. The number of hydrogen-bond acceptors (Lipinski definition) is 6. The van der Waals surface area contributed by atoms with Gasteiger partial charge in [-0.05, 0) is 44.1 Å². The molecule has 1 aliphatic heterocycles. The van der Waals surface area contributed by atoms with Gasteiger partial charge in [-0.15, -0.1) is 0 Å². The van der Waals surface area contributed by atoms with E-state index >= 15 is 0 Å². The number of nitrogens with zero attached hydrogens (tertiary/aromatic N) is 1. The minimum atomic E-state index is -0.620. The Balaban J connectivity index is 2.24. The van der Waals surface area contributed by atoms with Crippen molar-refractivity contribution in [2.75, 3.05) is 6.54 Å². The van der Waals surface area contributed by atoms with Crippen LogP contribution in [0.4, 0.5) is 0 Å².